The Morgan fingerprint density at radius 2 is 1.92 bits per heavy atom. The van der Waals surface area contributed by atoms with Crippen LogP contribution in [0.3, 0.4) is 0 Å². The summed E-state index contributed by atoms with van der Waals surface area (Å²) in [6, 6.07) is 13.7. The zero-order valence-electron chi connectivity index (χ0n) is 13.1. The van der Waals surface area contributed by atoms with E-state index < -0.39 is 0 Å². The lowest BCUT2D eigenvalue weighted by Gasteiger charge is -2.05. The van der Waals surface area contributed by atoms with Gasteiger partial charge in [0.05, 0.1) is 11.4 Å². The van der Waals surface area contributed by atoms with Crippen molar-refractivity contribution in [3.05, 3.63) is 71.8 Å². The van der Waals surface area contributed by atoms with Gasteiger partial charge in [-0.1, -0.05) is 30.7 Å². The minimum Gasteiger partial charge on any atom is -0.264 e. The zero-order valence-corrected chi connectivity index (χ0v) is 13.9. The minimum absolute atomic E-state index is 0.706. The van der Waals surface area contributed by atoms with Crippen molar-refractivity contribution < 1.29 is 0 Å². The van der Waals surface area contributed by atoms with E-state index in [1.807, 2.05) is 59.4 Å². The molecule has 118 valence electrons. The molecule has 0 aliphatic carbocycles. The van der Waals surface area contributed by atoms with Crippen LogP contribution in [0.4, 0.5) is 0 Å². The molecular formula is C19H15ClN4. The summed E-state index contributed by atoms with van der Waals surface area (Å²) in [5, 5.41) is 5.50. The van der Waals surface area contributed by atoms with Gasteiger partial charge in [-0.25, -0.2) is 9.50 Å². The van der Waals surface area contributed by atoms with Crippen LogP contribution < -0.4 is 0 Å². The number of aromatic nitrogens is 4. The Morgan fingerprint density at radius 1 is 1.04 bits per heavy atom. The molecule has 0 radical (unpaired) electrons. The van der Waals surface area contributed by atoms with E-state index in [4.69, 9.17) is 16.7 Å². The van der Waals surface area contributed by atoms with E-state index in [0.717, 1.165) is 40.1 Å². The van der Waals surface area contributed by atoms with Crippen LogP contribution >= 0.6 is 11.6 Å². The molecule has 0 aliphatic heterocycles. The summed E-state index contributed by atoms with van der Waals surface area (Å²) < 4.78 is 1.89. The van der Waals surface area contributed by atoms with Crippen molar-refractivity contribution in [1.29, 1.82) is 0 Å². The van der Waals surface area contributed by atoms with Crippen molar-refractivity contribution in [3.8, 4) is 22.4 Å². The molecule has 24 heavy (non-hydrogen) atoms. The van der Waals surface area contributed by atoms with E-state index >= 15 is 0 Å². The average Bonchev–Trinajstić information content (AvgIpc) is 3.01. The normalized spacial score (nSPS) is 11.1. The standard InChI is InChI=1S/C19H15ClN4/c1-2-16-18(13-5-3-7-15(20)11-13)19-22-10-8-17(24(19)23-16)14-6-4-9-21-12-14/h3-12H,2H2,1H3. The second kappa shape index (κ2) is 6.06. The number of nitrogens with zero attached hydrogens (tertiary/aromatic N) is 4. The molecule has 1 aromatic carbocycles. The van der Waals surface area contributed by atoms with Crippen LogP contribution in [-0.4, -0.2) is 19.6 Å². The number of halogens is 1. The van der Waals surface area contributed by atoms with Gasteiger partial charge in [-0.05, 0) is 42.3 Å². The molecular weight excluding hydrogens is 320 g/mol. The monoisotopic (exact) mass is 334 g/mol. The number of rotatable bonds is 3. The minimum atomic E-state index is 0.706. The van der Waals surface area contributed by atoms with Crippen LogP contribution in [0.1, 0.15) is 12.6 Å². The Bertz CT molecular complexity index is 1010. The molecule has 4 nitrogen and oxygen atoms in total. The van der Waals surface area contributed by atoms with Gasteiger partial charge < -0.3 is 0 Å². The van der Waals surface area contributed by atoms with Crippen LogP contribution in [0.2, 0.25) is 5.02 Å². The lowest BCUT2D eigenvalue weighted by atomic mass is 10.0. The molecule has 0 aliphatic rings. The summed E-state index contributed by atoms with van der Waals surface area (Å²) in [5.41, 5.74) is 5.87. The summed E-state index contributed by atoms with van der Waals surface area (Å²) in [6.45, 7) is 2.10. The Balaban J connectivity index is 2.02. The van der Waals surface area contributed by atoms with Gasteiger partial charge >= 0.3 is 0 Å². The van der Waals surface area contributed by atoms with Crippen LogP contribution in [-0.2, 0) is 6.42 Å². The second-order valence-corrected chi connectivity index (χ2v) is 5.93. The lowest BCUT2D eigenvalue weighted by molar-refractivity contribution is 0.893. The maximum atomic E-state index is 6.18. The van der Waals surface area contributed by atoms with E-state index in [-0.39, 0.29) is 0 Å². The molecule has 0 bridgehead atoms. The summed E-state index contributed by atoms with van der Waals surface area (Å²) in [5.74, 6) is 0. The van der Waals surface area contributed by atoms with Crippen molar-refractivity contribution in [2.75, 3.05) is 0 Å². The third-order valence-corrected chi connectivity index (χ3v) is 4.23. The van der Waals surface area contributed by atoms with E-state index in [2.05, 4.69) is 16.9 Å². The molecule has 3 heterocycles. The maximum absolute atomic E-state index is 6.18. The van der Waals surface area contributed by atoms with Crippen molar-refractivity contribution in [1.82, 2.24) is 19.6 Å². The molecule has 0 saturated carbocycles. The SMILES string of the molecule is CCc1nn2c(-c3cccnc3)ccnc2c1-c1cccc(Cl)c1. The molecule has 4 aromatic rings. The summed E-state index contributed by atoms with van der Waals surface area (Å²) in [7, 11) is 0. The number of pyridine rings is 1. The highest BCUT2D eigenvalue weighted by atomic mass is 35.5. The van der Waals surface area contributed by atoms with Crippen molar-refractivity contribution >= 4 is 17.2 Å². The smallest absolute Gasteiger partial charge is 0.163 e. The zero-order chi connectivity index (χ0) is 16.5. The van der Waals surface area contributed by atoms with Gasteiger partial charge in [0.15, 0.2) is 5.65 Å². The predicted octanol–water partition coefficient (Wildman–Crippen LogP) is 4.67. The van der Waals surface area contributed by atoms with E-state index in [9.17, 15) is 0 Å². The molecule has 0 atom stereocenters. The second-order valence-electron chi connectivity index (χ2n) is 5.49. The van der Waals surface area contributed by atoms with Gasteiger partial charge in [-0.2, -0.15) is 5.10 Å². The predicted molar refractivity (Wildman–Crippen MR) is 96.0 cm³/mol. The van der Waals surface area contributed by atoms with Crippen molar-refractivity contribution in [2.45, 2.75) is 13.3 Å². The first-order valence-electron chi connectivity index (χ1n) is 7.81. The summed E-state index contributed by atoms with van der Waals surface area (Å²) in [6.07, 6.45) is 6.23. The van der Waals surface area contributed by atoms with Crippen molar-refractivity contribution in [2.24, 2.45) is 0 Å². The Morgan fingerprint density at radius 3 is 2.67 bits per heavy atom. The molecule has 0 fully saturated rings. The third-order valence-electron chi connectivity index (χ3n) is 4.00. The van der Waals surface area contributed by atoms with E-state index in [1.165, 1.54) is 0 Å². The Hall–Kier alpha value is -2.72. The van der Waals surface area contributed by atoms with Gasteiger partial charge in [0, 0.05) is 34.7 Å². The quantitative estimate of drug-likeness (QED) is 0.546. The first-order chi connectivity index (χ1) is 11.8. The number of hydrogen-bond donors (Lipinski definition) is 0. The number of fused-ring (bicyclic) bond motifs is 1. The van der Waals surface area contributed by atoms with Crippen LogP contribution in [0, 0.1) is 0 Å². The van der Waals surface area contributed by atoms with E-state index in [0.29, 0.717) is 5.02 Å². The molecule has 0 amide bonds. The largest absolute Gasteiger partial charge is 0.264 e. The number of aryl methyl sites for hydroxylation is 1. The van der Waals surface area contributed by atoms with Gasteiger partial charge in [-0.3, -0.25) is 4.98 Å². The van der Waals surface area contributed by atoms with Gasteiger partial charge in [0.25, 0.3) is 0 Å². The fourth-order valence-electron chi connectivity index (χ4n) is 2.91. The van der Waals surface area contributed by atoms with Gasteiger partial charge in [-0.15, -0.1) is 0 Å². The fourth-order valence-corrected chi connectivity index (χ4v) is 3.10. The molecule has 5 heteroatoms. The first kappa shape index (κ1) is 14.8. The average molecular weight is 335 g/mol. The highest BCUT2D eigenvalue weighted by Crippen LogP contribution is 2.31. The molecule has 0 N–H and O–H groups in total. The molecule has 0 unspecified atom stereocenters. The highest BCUT2D eigenvalue weighted by molar-refractivity contribution is 6.30. The van der Waals surface area contributed by atoms with E-state index in [1.54, 1.807) is 6.20 Å². The van der Waals surface area contributed by atoms with Crippen LogP contribution in [0.15, 0.2) is 61.1 Å². The van der Waals surface area contributed by atoms with Crippen LogP contribution in [0.5, 0.6) is 0 Å². The molecule has 0 spiro atoms. The Labute approximate surface area is 144 Å². The maximum Gasteiger partial charge on any atom is 0.163 e. The molecule has 3 aromatic heterocycles. The topological polar surface area (TPSA) is 43.1 Å². The molecule has 4 rings (SSSR count). The molecule has 0 saturated heterocycles. The van der Waals surface area contributed by atoms with Crippen molar-refractivity contribution in [3.63, 3.8) is 0 Å². The summed E-state index contributed by atoms with van der Waals surface area (Å²) in [4.78, 5) is 8.79. The first-order valence-corrected chi connectivity index (χ1v) is 8.18. The van der Waals surface area contributed by atoms with Gasteiger partial charge in [0.1, 0.15) is 0 Å². The number of benzene rings is 1. The number of hydrogen-bond acceptors (Lipinski definition) is 3. The fraction of sp³-hybridized carbons (Fsp3) is 0.105. The van der Waals surface area contributed by atoms with Crippen LogP contribution in [0.25, 0.3) is 28.0 Å². The Kier molecular flexibility index (Phi) is 3.75. The summed E-state index contributed by atoms with van der Waals surface area (Å²) >= 11 is 6.18. The van der Waals surface area contributed by atoms with Gasteiger partial charge in [0.2, 0.25) is 0 Å². The lowest BCUT2D eigenvalue weighted by Crippen LogP contribution is -1.96. The highest BCUT2D eigenvalue weighted by Gasteiger charge is 2.17. The third kappa shape index (κ3) is 2.45.